The highest BCUT2D eigenvalue weighted by Gasteiger charge is 2.36. The first-order valence-corrected chi connectivity index (χ1v) is 10.5. The average molecular weight is 475 g/mol. The van der Waals surface area contributed by atoms with E-state index in [4.69, 9.17) is 9.47 Å². The van der Waals surface area contributed by atoms with Crippen molar-refractivity contribution < 1.29 is 23.9 Å². The van der Waals surface area contributed by atoms with E-state index >= 15 is 0 Å². The molecular weight excluding hydrogens is 452 g/mol. The van der Waals surface area contributed by atoms with Gasteiger partial charge in [0.1, 0.15) is 5.75 Å². The fraction of sp³-hybridized carbons (Fsp3) is 0.318. The number of carbonyl (C=O) groups excluding carboxylic acids is 3. The molecule has 0 aliphatic carbocycles. The number of hydrogen-bond donors (Lipinski definition) is 1. The standard InChI is InChI=1S/C22H23BrN2O5/c1-2-11-29-19-9-7-18(8-10-19)25-13-15(12-21(25)27)22(28)30-14-20(26)24-17-5-3-16(23)4-6-17/h3-10,15H,2,11-14H2,1H3,(H,24,26)/t15-/m1/s1. The van der Waals surface area contributed by atoms with Gasteiger partial charge in [0.2, 0.25) is 5.91 Å². The Morgan fingerprint density at radius 1 is 1.13 bits per heavy atom. The molecule has 1 atom stereocenters. The van der Waals surface area contributed by atoms with Gasteiger partial charge in [0.15, 0.2) is 6.61 Å². The van der Waals surface area contributed by atoms with Crippen LogP contribution in [0.1, 0.15) is 19.8 Å². The molecule has 30 heavy (non-hydrogen) atoms. The van der Waals surface area contributed by atoms with E-state index in [9.17, 15) is 14.4 Å². The summed E-state index contributed by atoms with van der Waals surface area (Å²) in [4.78, 5) is 38.2. The molecule has 3 rings (SSSR count). The fourth-order valence-corrected chi connectivity index (χ4v) is 3.31. The molecule has 0 saturated carbocycles. The van der Waals surface area contributed by atoms with Crippen LogP contribution < -0.4 is 15.0 Å². The molecule has 1 saturated heterocycles. The van der Waals surface area contributed by atoms with Crippen LogP contribution in [-0.2, 0) is 19.1 Å². The molecule has 1 N–H and O–H groups in total. The van der Waals surface area contributed by atoms with Crippen molar-refractivity contribution in [1.82, 2.24) is 0 Å². The van der Waals surface area contributed by atoms with E-state index in [0.717, 1.165) is 16.6 Å². The smallest absolute Gasteiger partial charge is 0.311 e. The van der Waals surface area contributed by atoms with E-state index in [-0.39, 0.29) is 18.9 Å². The lowest BCUT2D eigenvalue weighted by Gasteiger charge is -2.17. The Kier molecular flexibility index (Phi) is 7.46. The van der Waals surface area contributed by atoms with Crippen LogP contribution in [-0.4, -0.2) is 37.5 Å². The Bertz CT molecular complexity index is 899. The van der Waals surface area contributed by atoms with Gasteiger partial charge in [0.25, 0.3) is 5.91 Å². The predicted molar refractivity (Wildman–Crippen MR) is 116 cm³/mol. The number of nitrogens with one attached hydrogen (secondary N) is 1. The summed E-state index contributed by atoms with van der Waals surface area (Å²) < 4.78 is 11.6. The van der Waals surface area contributed by atoms with Crippen molar-refractivity contribution in [3.63, 3.8) is 0 Å². The average Bonchev–Trinajstić information content (AvgIpc) is 3.14. The topological polar surface area (TPSA) is 84.9 Å². The van der Waals surface area contributed by atoms with Gasteiger partial charge in [-0.25, -0.2) is 0 Å². The van der Waals surface area contributed by atoms with Crippen LogP contribution in [0.25, 0.3) is 0 Å². The molecule has 2 aromatic rings. The first kappa shape index (κ1) is 21.8. The Labute approximate surface area is 183 Å². The van der Waals surface area contributed by atoms with Crippen LogP contribution >= 0.6 is 15.9 Å². The van der Waals surface area contributed by atoms with Gasteiger partial charge in [-0.05, 0) is 55.0 Å². The minimum Gasteiger partial charge on any atom is -0.494 e. The van der Waals surface area contributed by atoms with Crippen molar-refractivity contribution in [2.75, 3.05) is 30.0 Å². The number of anilines is 2. The van der Waals surface area contributed by atoms with Gasteiger partial charge in [0, 0.05) is 28.8 Å². The summed E-state index contributed by atoms with van der Waals surface area (Å²) in [5.41, 5.74) is 1.31. The zero-order valence-corrected chi connectivity index (χ0v) is 18.2. The number of benzene rings is 2. The molecule has 1 fully saturated rings. The third-order valence-electron chi connectivity index (χ3n) is 4.55. The van der Waals surface area contributed by atoms with Crippen LogP contribution in [0.2, 0.25) is 0 Å². The lowest BCUT2D eigenvalue weighted by Crippen LogP contribution is -2.28. The monoisotopic (exact) mass is 474 g/mol. The molecular formula is C22H23BrN2O5. The van der Waals surface area contributed by atoms with Crippen molar-refractivity contribution in [2.24, 2.45) is 5.92 Å². The number of rotatable bonds is 8. The van der Waals surface area contributed by atoms with Gasteiger partial charge in [-0.3, -0.25) is 14.4 Å². The Morgan fingerprint density at radius 2 is 1.83 bits per heavy atom. The molecule has 0 spiro atoms. The normalized spacial score (nSPS) is 15.7. The highest BCUT2D eigenvalue weighted by Crippen LogP contribution is 2.27. The van der Waals surface area contributed by atoms with Crippen molar-refractivity contribution in [1.29, 1.82) is 0 Å². The lowest BCUT2D eigenvalue weighted by molar-refractivity contribution is -0.151. The van der Waals surface area contributed by atoms with Crippen molar-refractivity contribution >= 4 is 45.1 Å². The van der Waals surface area contributed by atoms with Gasteiger partial charge >= 0.3 is 5.97 Å². The Hall–Kier alpha value is -2.87. The second kappa shape index (κ2) is 10.2. The zero-order valence-electron chi connectivity index (χ0n) is 16.6. The van der Waals surface area contributed by atoms with E-state index in [1.807, 2.05) is 6.92 Å². The first-order valence-electron chi connectivity index (χ1n) is 9.71. The Morgan fingerprint density at radius 3 is 2.50 bits per heavy atom. The minimum atomic E-state index is -0.603. The number of esters is 1. The summed E-state index contributed by atoms with van der Waals surface area (Å²) in [5.74, 6) is -1.01. The summed E-state index contributed by atoms with van der Waals surface area (Å²) >= 11 is 3.32. The maximum absolute atomic E-state index is 12.4. The van der Waals surface area contributed by atoms with E-state index in [1.165, 1.54) is 0 Å². The van der Waals surface area contributed by atoms with E-state index in [2.05, 4.69) is 21.2 Å². The molecule has 0 radical (unpaired) electrons. The summed E-state index contributed by atoms with van der Waals surface area (Å²) in [6.45, 7) is 2.48. The fourth-order valence-electron chi connectivity index (χ4n) is 3.04. The van der Waals surface area contributed by atoms with E-state index in [0.29, 0.717) is 18.0 Å². The molecule has 1 aliphatic heterocycles. The van der Waals surface area contributed by atoms with Crippen LogP contribution in [0.4, 0.5) is 11.4 Å². The third kappa shape index (κ3) is 5.82. The molecule has 2 aromatic carbocycles. The molecule has 2 amide bonds. The summed E-state index contributed by atoms with van der Waals surface area (Å²) in [6, 6.07) is 14.2. The molecule has 0 bridgehead atoms. The molecule has 1 heterocycles. The van der Waals surface area contributed by atoms with Gasteiger partial charge in [-0.2, -0.15) is 0 Å². The number of halogens is 1. The van der Waals surface area contributed by atoms with Crippen molar-refractivity contribution in [3.8, 4) is 5.75 Å². The molecule has 0 aromatic heterocycles. The SMILES string of the molecule is CCCOc1ccc(N2C[C@H](C(=O)OCC(=O)Nc3ccc(Br)cc3)CC2=O)cc1. The van der Waals surface area contributed by atoms with Crippen LogP contribution in [0.5, 0.6) is 5.75 Å². The van der Waals surface area contributed by atoms with Crippen molar-refractivity contribution in [2.45, 2.75) is 19.8 Å². The van der Waals surface area contributed by atoms with Crippen molar-refractivity contribution in [3.05, 3.63) is 53.0 Å². The molecule has 7 nitrogen and oxygen atoms in total. The summed E-state index contributed by atoms with van der Waals surface area (Å²) in [5, 5.41) is 2.65. The van der Waals surface area contributed by atoms with E-state index < -0.39 is 24.4 Å². The second-order valence-electron chi connectivity index (χ2n) is 6.91. The predicted octanol–water partition coefficient (Wildman–Crippen LogP) is 3.77. The zero-order chi connectivity index (χ0) is 21.5. The largest absolute Gasteiger partial charge is 0.494 e. The number of carbonyl (C=O) groups is 3. The molecule has 1 aliphatic rings. The highest BCUT2D eigenvalue weighted by atomic mass is 79.9. The quantitative estimate of drug-likeness (QED) is 0.588. The third-order valence-corrected chi connectivity index (χ3v) is 5.08. The number of nitrogens with zero attached hydrogens (tertiary/aromatic N) is 1. The highest BCUT2D eigenvalue weighted by molar-refractivity contribution is 9.10. The van der Waals surface area contributed by atoms with Gasteiger partial charge in [-0.15, -0.1) is 0 Å². The van der Waals surface area contributed by atoms with Crippen LogP contribution in [0.15, 0.2) is 53.0 Å². The maximum atomic E-state index is 12.4. The first-order chi connectivity index (χ1) is 14.5. The van der Waals surface area contributed by atoms with Crippen LogP contribution in [0.3, 0.4) is 0 Å². The number of amides is 2. The van der Waals surface area contributed by atoms with E-state index in [1.54, 1.807) is 53.4 Å². The van der Waals surface area contributed by atoms with Gasteiger partial charge in [0.05, 0.1) is 12.5 Å². The number of ether oxygens (including phenoxy) is 2. The maximum Gasteiger partial charge on any atom is 0.311 e. The van der Waals surface area contributed by atoms with Gasteiger partial charge < -0.3 is 19.7 Å². The molecule has 0 unspecified atom stereocenters. The summed E-state index contributed by atoms with van der Waals surface area (Å²) in [7, 11) is 0. The minimum absolute atomic E-state index is 0.0568. The molecule has 158 valence electrons. The van der Waals surface area contributed by atoms with Gasteiger partial charge in [-0.1, -0.05) is 22.9 Å². The summed E-state index contributed by atoms with van der Waals surface area (Å²) in [6.07, 6.45) is 0.971. The molecule has 8 heteroatoms. The van der Waals surface area contributed by atoms with Crippen LogP contribution in [0, 0.1) is 5.92 Å². The second-order valence-corrected chi connectivity index (χ2v) is 7.83. The number of hydrogen-bond acceptors (Lipinski definition) is 5. The lowest BCUT2D eigenvalue weighted by atomic mass is 10.1. The Balaban J connectivity index is 1.49.